The molecule has 2 atom stereocenters. The number of hydrogen-bond donors (Lipinski definition) is 2. The van der Waals surface area contributed by atoms with Gasteiger partial charge < -0.3 is 15.4 Å². The molecule has 6 heteroatoms. The molecule has 106 valence electrons. The monoisotopic (exact) mass is 278 g/mol. The van der Waals surface area contributed by atoms with Crippen molar-refractivity contribution < 1.29 is 14.3 Å². The zero-order chi connectivity index (χ0) is 13.1. The van der Waals surface area contributed by atoms with Gasteiger partial charge in [-0.05, 0) is 33.2 Å². The minimum Gasteiger partial charge on any atom is -0.467 e. The van der Waals surface area contributed by atoms with Crippen molar-refractivity contribution in [1.29, 1.82) is 0 Å². The fourth-order valence-corrected chi connectivity index (χ4v) is 2.22. The van der Waals surface area contributed by atoms with Crippen LogP contribution in [0.25, 0.3) is 0 Å². The minimum absolute atomic E-state index is 0. The van der Waals surface area contributed by atoms with Crippen LogP contribution in [0.1, 0.15) is 33.6 Å². The summed E-state index contributed by atoms with van der Waals surface area (Å²) in [7, 11) is 1.32. The maximum Gasteiger partial charge on any atom is 0.330 e. The van der Waals surface area contributed by atoms with Crippen LogP contribution < -0.4 is 10.6 Å². The van der Waals surface area contributed by atoms with Gasteiger partial charge in [-0.2, -0.15) is 0 Å². The van der Waals surface area contributed by atoms with Gasteiger partial charge in [-0.3, -0.25) is 4.79 Å². The average molecular weight is 279 g/mol. The molecule has 2 unspecified atom stereocenters. The summed E-state index contributed by atoms with van der Waals surface area (Å²) < 4.78 is 4.66. The number of nitrogens with one attached hydrogen (secondary N) is 2. The molecule has 0 aromatic heterocycles. The van der Waals surface area contributed by atoms with Crippen molar-refractivity contribution in [1.82, 2.24) is 10.6 Å². The lowest BCUT2D eigenvalue weighted by molar-refractivity contribution is -0.150. The molecule has 1 aliphatic rings. The first-order valence-electron chi connectivity index (χ1n) is 6.06. The lowest BCUT2D eigenvalue weighted by Crippen LogP contribution is -2.53. The Bertz CT molecular complexity index is 308. The number of amides is 1. The molecule has 0 saturated carbocycles. The van der Waals surface area contributed by atoms with E-state index in [4.69, 9.17) is 0 Å². The maximum absolute atomic E-state index is 12.1. The Labute approximate surface area is 114 Å². The minimum atomic E-state index is -0.966. The molecule has 0 bridgehead atoms. The summed E-state index contributed by atoms with van der Waals surface area (Å²) in [4.78, 5) is 23.6. The third-order valence-corrected chi connectivity index (χ3v) is 3.26. The van der Waals surface area contributed by atoms with Crippen LogP contribution in [0.2, 0.25) is 0 Å². The molecule has 0 aromatic rings. The summed E-state index contributed by atoms with van der Waals surface area (Å²) in [6.45, 7) is 6.21. The van der Waals surface area contributed by atoms with E-state index in [9.17, 15) is 9.59 Å². The molecule has 0 aliphatic carbocycles. The summed E-state index contributed by atoms with van der Waals surface area (Å²) in [5, 5.41) is 6.05. The van der Waals surface area contributed by atoms with E-state index >= 15 is 0 Å². The molecule has 1 amide bonds. The second kappa shape index (κ2) is 6.95. The second-order valence-electron chi connectivity index (χ2n) is 4.97. The van der Waals surface area contributed by atoms with Crippen molar-refractivity contribution in [2.24, 2.45) is 5.92 Å². The highest BCUT2D eigenvalue weighted by molar-refractivity contribution is 5.88. The zero-order valence-corrected chi connectivity index (χ0v) is 12.2. The summed E-state index contributed by atoms with van der Waals surface area (Å²) in [6, 6.07) is 0.212. The standard InChI is InChI=1S/C12H22N2O3.ClH/c1-5-9-8(6-7-13-9)10(15)14-12(2,3)11(16)17-4;/h8-9,13H,5-7H2,1-4H3,(H,14,15);1H. The first kappa shape index (κ1) is 17.2. The number of rotatable bonds is 4. The van der Waals surface area contributed by atoms with E-state index in [0.717, 1.165) is 19.4 Å². The molecular formula is C12H23ClN2O3. The summed E-state index contributed by atoms with van der Waals surface area (Å²) in [5.41, 5.74) is -0.966. The molecule has 5 nitrogen and oxygen atoms in total. The Morgan fingerprint density at radius 1 is 1.44 bits per heavy atom. The van der Waals surface area contributed by atoms with Gasteiger partial charge in [0, 0.05) is 6.04 Å². The van der Waals surface area contributed by atoms with E-state index < -0.39 is 11.5 Å². The Balaban J connectivity index is 0.00000289. The molecule has 1 rings (SSSR count). The first-order chi connectivity index (χ1) is 7.92. The number of carbonyl (C=O) groups excluding carboxylic acids is 2. The lowest BCUT2D eigenvalue weighted by Gasteiger charge is -2.26. The topological polar surface area (TPSA) is 67.4 Å². The number of hydrogen-bond acceptors (Lipinski definition) is 4. The number of halogens is 1. The van der Waals surface area contributed by atoms with Crippen LogP contribution in [0.5, 0.6) is 0 Å². The van der Waals surface area contributed by atoms with E-state index in [1.807, 2.05) is 0 Å². The molecule has 1 saturated heterocycles. The van der Waals surface area contributed by atoms with E-state index in [-0.39, 0.29) is 30.3 Å². The van der Waals surface area contributed by atoms with Gasteiger partial charge in [0.05, 0.1) is 13.0 Å². The Morgan fingerprint density at radius 3 is 2.56 bits per heavy atom. The van der Waals surface area contributed by atoms with Crippen molar-refractivity contribution in [3.05, 3.63) is 0 Å². The molecular weight excluding hydrogens is 256 g/mol. The maximum atomic E-state index is 12.1. The van der Waals surface area contributed by atoms with Crippen molar-refractivity contribution in [2.75, 3.05) is 13.7 Å². The normalized spacial score (nSPS) is 23.1. The van der Waals surface area contributed by atoms with Crippen LogP contribution in [-0.4, -0.2) is 37.1 Å². The third kappa shape index (κ3) is 3.85. The number of ether oxygens (including phenoxy) is 1. The molecule has 1 fully saturated rings. The predicted molar refractivity (Wildman–Crippen MR) is 71.7 cm³/mol. The summed E-state index contributed by atoms with van der Waals surface area (Å²) >= 11 is 0. The van der Waals surface area contributed by atoms with Crippen LogP contribution in [0.15, 0.2) is 0 Å². The fraction of sp³-hybridized carbons (Fsp3) is 0.833. The van der Waals surface area contributed by atoms with Gasteiger partial charge >= 0.3 is 5.97 Å². The SMILES string of the molecule is CCC1NCCC1C(=O)NC(C)(C)C(=O)OC.Cl. The first-order valence-corrected chi connectivity index (χ1v) is 6.06. The highest BCUT2D eigenvalue weighted by Gasteiger charge is 2.37. The zero-order valence-electron chi connectivity index (χ0n) is 11.4. The predicted octanol–water partition coefficient (Wildman–Crippen LogP) is 0.864. The van der Waals surface area contributed by atoms with Gasteiger partial charge in [0.15, 0.2) is 0 Å². The fourth-order valence-electron chi connectivity index (χ4n) is 2.22. The Hall–Kier alpha value is -0.810. The van der Waals surface area contributed by atoms with Crippen molar-refractivity contribution >= 4 is 24.3 Å². The number of esters is 1. The highest BCUT2D eigenvalue weighted by Crippen LogP contribution is 2.19. The van der Waals surface area contributed by atoms with Gasteiger partial charge in [0.25, 0.3) is 0 Å². The van der Waals surface area contributed by atoms with Gasteiger partial charge in [-0.15, -0.1) is 12.4 Å². The number of methoxy groups -OCH3 is 1. The second-order valence-corrected chi connectivity index (χ2v) is 4.97. The summed E-state index contributed by atoms with van der Waals surface area (Å²) in [6.07, 6.45) is 1.73. The van der Waals surface area contributed by atoms with Gasteiger partial charge in [0.2, 0.25) is 5.91 Å². The van der Waals surface area contributed by atoms with Crippen molar-refractivity contribution in [3.63, 3.8) is 0 Å². The van der Waals surface area contributed by atoms with Gasteiger partial charge in [0.1, 0.15) is 5.54 Å². The third-order valence-electron chi connectivity index (χ3n) is 3.26. The quantitative estimate of drug-likeness (QED) is 0.749. The molecule has 18 heavy (non-hydrogen) atoms. The van der Waals surface area contributed by atoms with E-state index in [1.54, 1.807) is 13.8 Å². The Morgan fingerprint density at radius 2 is 2.06 bits per heavy atom. The van der Waals surface area contributed by atoms with Crippen LogP contribution in [0, 0.1) is 5.92 Å². The largest absolute Gasteiger partial charge is 0.467 e. The van der Waals surface area contributed by atoms with E-state index in [0.29, 0.717) is 0 Å². The smallest absolute Gasteiger partial charge is 0.330 e. The van der Waals surface area contributed by atoms with Crippen molar-refractivity contribution in [3.8, 4) is 0 Å². The van der Waals surface area contributed by atoms with Crippen LogP contribution in [0.4, 0.5) is 0 Å². The molecule has 0 spiro atoms. The van der Waals surface area contributed by atoms with Crippen molar-refractivity contribution in [2.45, 2.75) is 45.2 Å². The lowest BCUT2D eigenvalue weighted by atomic mass is 9.95. The van der Waals surface area contributed by atoms with E-state index in [1.165, 1.54) is 7.11 Å². The summed E-state index contributed by atoms with van der Waals surface area (Å²) in [5.74, 6) is -0.550. The molecule has 1 aliphatic heterocycles. The molecule has 2 N–H and O–H groups in total. The molecule has 0 radical (unpaired) electrons. The van der Waals surface area contributed by atoms with Crippen LogP contribution in [0.3, 0.4) is 0 Å². The Kier molecular flexibility index (Phi) is 6.63. The van der Waals surface area contributed by atoms with Gasteiger partial charge in [-0.1, -0.05) is 6.92 Å². The molecule has 1 heterocycles. The van der Waals surface area contributed by atoms with Crippen LogP contribution in [-0.2, 0) is 14.3 Å². The number of carbonyl (C=O) groups is 2. The van der Waals surface area contributed by atoms with Crippen LogP contribution >= 0.6 is 12.4 Å². The highest BCUT2D eigenvalue weighted by atomic mass is 35.5. The average Bonchev–Trinajstić information content (AvgIpc) is 2.75. The van der Waals surface area contributed by atoms with E-state index in [2.05, 4.69) is 22.3 Å². The van der Waals surface area contributed by atoms with Gasteiger partial charge in [-0.25, -0.2) is 4.79 Å². The molecule has 0 aromatic carbocycles.